The number of aromatic nitrogens is 7. The molecular weight excluding hydrogens is 615 g/mol. The van der Waals surface area contributed by atoms with Gasteiger partial charge >= 0.3 is 11.8 Å². The summed E-state index contributed by atoms with van der Waals surface area (Å²) in [5.41, 5.74) is 5.71. The van der Waals surface area contributed by atoms with Gasteiger partial charge in [0, 0.05) is 46.9 Å². The van der Waals surface area contributed by atoms with Crippen molar-refractivity contribution < 1.29 is 26.7 Å². The predicted octanol–water partition coefficient (Wildman–Crippen LogP) is 7.68. The number of benzene rings is 2. The third-order valence-electron chi connectivity index (χ3n) is 11.1. The average Bonchev–Trinajstić information content (AvgIpc) is 3.81. The number of rotatable bonds is 5. The number of hydrogen-bond donors (Lipinski definition) is 0. The van der Waals surface area contributed by atoms with E-state index in [0.717, 1.165) is 49.9 Å². The van der Waals surface area contributed by atoms with Crippen LogP contribution in [0.15, 0.2) is 89.7 Å². The van der Waals surface area contributed by atoms with E-state index in [4.69, 9.17) is 9.40 Å². The summed E-state index contributed by atoms with van der Waals surface area (Å²) in [6, 6.07) is 22.0. The summed E-state index contributed by atoms with van der Waals surface area (Å²) in [6.45, 7) is 6.18. The highest BCUT2D eigenvalue weighted by molar-refractivity contribution is 6.13. The summed E-state index contributed by atoms with van der Waals surface area (Å²) in [4.78, 5) is 13.5. The minimum absolute atomic E-state index is 0.117. The normalized spacial score (nSPS) is 21.4. The van der Waals surface area contributed by atoms with Crippen molar-refractivity contribution >= 4 is 33.1 Å². The van der Waals surface area contributed by atoms with Gasteiger partial charge in [-0.2, -0.15) is 22.7 Å². The van der Waals surface area contributed by atoms with Crippen LogP contribution in [0.1, 0.15) is 63.9 Å². The number of fused-ring (bicyclic) bond motifs is 12. The molecule has 0 N–H and O–H groups in total. The lowest BCUT2D eigenvalue weighted by atomic mass is 9.69. The van der Waals surface area contributed by atoms with E-state index >= 15 is 0 Å². The van der Waals surface area contributed by atoms with Crippen LogP contribution in [0.4, 0.5) is 13.2 Å². The molecule has 7 aromatic rings. The zero-order valence-electron chi connectivity index (χ0n) is 26.7. The monoisotopic (exact) mass is 647 g/mol. The van der Waals surface area contributed by atoms with E-state index < -0.39 is 23.1 Å². The molecule has 0 bridgehead atoms. The number of halogens is 3. The van der Waals surface area contributed by atoms with Gasteiger partial charge < -0.3 is 4.42 Å². The summed E-state index contributed by atoms with van der Waals surface area (Å²) in [7, 11) is 0. The number of pyridine rings is 2. The van der Waals surface area contributed by atoms with Crippen molar-refractivity contribution in [2.24, 2.45) is 0 Å². The number of alkyl halides is 3. The Labute approximate surface area is 273 Å². The van der Waals surface area contributed by atoms with Gasteiger partial charge in [0.25, 0.3) is 11.5 Å². The van der Waals surface area contributed by atoms with Crippen LogP contribution in [0.25, 0.3) is 55.9 Å². The second-order valence-corrected chi connectivity index (χ2v) is 13.0. The molecule has 0 radical (unpaired) electrons. The Morgan fingerprint density at radius 2 is 1.71 bits per heavy atom. The highest BCUT2D eigenvalue weighted by Gasteiger charge is 2.62. The third kappa shape index (κ3) is 3.67. The second-order valence-electron chi connectivity index (χ2n) is 13.0. The Hall–Kier alpha value is -5.19. The Balaban J connectivity index is 1.25. The van der Waals surface area contributed by atoms with Crippen LogP contribution >= 0.6 is 0 Å². The van der Waals surface area contributed by atoms with Crippen LogP contribution < -0.4 is 9.13 Å². The maximum Gasteiger partial charge on any atom is 0.453 e. The fourth-order valence-corrected chi connectivity index (χ4v) is 8.70. The Kier molecular flexibility index (Phi) is 5.99. The molecule has 0 fully saturated rings. The van der Waals surface area contributed by atoms with Crippen LogP contribution in [-0.4, -0.2) is 24.7 Å². The molecule has 8 nitrogen and oxygen atoms in total. The quantitative estimate of drug-likeness (QED) is 0.179. The molecule has 48 heavy (non-hydrogen) atoms. The first kappa shape index (κ1) is 29.0. The molecule has 5 aromatic heterocycles. The molecule has 11 heteroatoms. The number of para-hydroxylation sites is 1. The molecule has 2 aliphatic rings. The molecule has 0 spiro atoms. The largest absolute Gasteiger partial charge is 0.456 e. The van der Waals surface area contributed by atoms with Crippen LogP contribution in [0.2, 0.25) is 0 Å². The lowest BCUT2D eigenvalue weighted by molar-refractivity contribution is -0.776. The van der Waals surface area contributed by atoms with E-state index in [2.05, 4.69) is 55.4 Å². The summed E-state index contributed by atoms with van der Waals surface area (Å²) in [6.07, 6.45) is 3.30. The minimum atomic E-state index is -4.66. The number of nitrogens with zero attached hydrogens (tertiary/aromatic N) is 7. The minimum Gasteiger partial charge on any atom is -0.456 e. The molecule has 0 aliphatic carbocycles. The zero-order valence-corrected chi connectivity index (χ0v) is 26.7. The molecule has 2 aliphatic heterocycles. The number of furan rings is 1. The summed E-state index contributed by atoms with van der Waals surface area (Å²) in [5, 5.41) is 6.29. The summed E-state index contributed by atoms with van der Waals surface area (Å²) >= 11 is 0. The first-order valence-electron chi connectivity index (χ1n) is 16.4. The summed E-state index contributed by atoms with van der Waals surface area (Å²) < 4.78 is 54.5. The van der Waals surface area contributed by atoms with Crippen LogP contribution in [0.3, 0.4) is 0 Å². The van der Waals surface area contributed by atoms with Gasteiger partial charge in [-0.05, 0) is 55.1 Å². The molecule has 3 unspecified atom stereocenters. The van der Waals surface area contributed by atoms with Crippen LogP contribution in [0.5, 0.6) is 0 Å². The average molecular weight is 648 g/mol. The predicted molar refractivity (Wildman–Crippen MR) is 173 cm³/mol. The smallest absolute Gasteiger partial charge is 0.453 e. The van der Waals surface area contributed by atoms with Crippen molar-refractivity contribution in [2.75, 3.05) is 0 Å². The van der Waals surface area contributed by atoms with E-state index in [1.54, 1.807) is 17.1 Å². The van der Waals surface area contributed by atoms with Crippen LogP contribution in [0, 0.1) is 0 Å². The molecule has 0 saturated carbocycles. The van der Waals surface area contributed by atoms with Gasteiger partial charge in [-0.3, -0.25) is 0 Å². The first-order chi connectivity index (χ1) is 23.2. The maximum atomic E-state index is 14.1. The van der Waals surface area contributed by atoms with E-state index in [1.807, 2.05) is 62.5 Å². The molecule has 9 rings (SSSR count). The van der Waals surface area contributed by atoms with Crippen molar-refractivity contribution in [1.29, 1.82) is 0 Å². The van der Waals surface area contributed by atoms with E-state index in [0.29, 0.717) is 31.4 Å². The lowest BCUT2D eigenvalue weighted by Crippen LogP contribution is -2.71. The third-order valence-corrected chi connectivity index (χ3v) is 11.1. The van der Waals surface area contributed by atoms with Gasteiger partial charge in [0.1, 0.15) is 28.4 Å². The molecule has 7 heterocycles. The van der Waals surface area contributed by atoms with Gasteiger partial charge in [-0.1, -0.05) is 38.1 Å². The SMILES string of the molecule is CCC1(C)n2nc(C(F)(F)F)nc2-c2cccc[n+]2C1(CC)CCC1c2ccc3oc4ccccc4c3c2-c2ccc3nccnc3[n+]21. The van der Waals surface area contributed by atoms with E-state index in [-0.39, 0.29) is 11.9 Å². The van der Waals surface area contributed by atoms with Crippen molar-refractivity contribution in [2.45, 2.75) is 69.8 Å². The lowest BCUT2D eigenvalue weighted by Gasteiger charge is -2.47. The molecule has 0 saturated heterocycles. The highest BCUT2D eigenvalue weighted by atomic mass is 19.4. The van der Waals surface area contributed by atoms with E-state index in [9.17, 15) is 13.2 Å². The van der Waals surface area contributed by atoms with Crippen molar-refractivity contribution in [3.05, 3.63) is 96.7 Å². The van der Waals surface area contributed by atoms with Crippen molar-refractivity contribution in [1.82, 2.24) is 24.7 Å². The molecule has 3 atom stereocenters. The van der Waals surface area contributed by atoms with Crippen LogP contribution in [-0.2, 0) is 17.3 Å². The Morgan fingerprint density at radius 3 is 2.52 bits per heavy atom. The zero-order chi connectivity index (χ0) is 33.0. The van der Waals surface area contributed by atoms with Crippen molar-refractivity contribution in [3.8, 4) is 22.8 Å². The van der Waals surface area contributed by atoms with Gasteiger partial charge in [-0.25, -0.2) is 14.2 Å². The number of hydrogen-bond acceptors (Lipinski definition) is 5. The van der Waals surface area contributed by atoms with E-state index in [1.165, 1.54) is 0 Å². The molecule has 240 valence electrons. The Bertz CT molecular complexity index is 2430. The van der Waals surface area contributed by atoms with Gasteiger partial charge in [0.2, 0.25) is 5.82 Å². The fraction of sp³-hybridized carbons (Fsp3) is 0.297. The second kappa shape index (κ2) is 9.91. The molecular formula is C37H32F3N7O+2. The first-order valence-corrected chi connectivity index (χ1v) is 16.4. The summed E-state index contributed by atoms with van der Waals surface area (Å²) in [5.74, 6) is -0.882. The van der Waals surface area contributed by atoms with Gasteiger partial charge in [0.15, 0.2) is 23.4 Å². The molecule has 2 aromatic carbocycles. The van der Waals surface area contributed by atoms with Gasteiger partial charge in [-0.15, -0.1) is 5.10 Å². The molecule has 0 amide bonds. The van der Waals surface area contributed by atoms with Crippen molar-refractivity contribution in [3.63, 3.8) is 0 Å². The highest BCUT2D eigenvalue weighted by Crippen LogP contribution is 2.50. The van der Waals surface area contributed by atoms with Gasteiger partial charge in [0.05, 0.1) is 6.20 Å². The maximum absolute atomic E-state index is 14.1. The Morgan fingerprint density at radius 1 is 0.896 bits per heavy atom. The fourth-order valence-electron chi connectivity index (χ4n) is 8.70. The standard InChI is InChI=1S/C37H32F3N7O/c1-4-35(3)36(5-2,45-21-9-8-11-27(45)33-43-34(37(38,39)40)44-47(33)35)18-17-25-22-13-16-29-31(23-10-6-7-12-28(23)48-29)30(22)26-15-14-24-32(46(25)26)42-20-19-41-24/h6-16,19-21,25H,4-5,17-18H2,1-3H3/q+2. The topological polar surface area (TPSA) is 77.4 Å².